The van der Waals surface area contributed by atoms with Gasteiger partial charge >= 0.3 is 5.51 Å². The first kappa shape index (κ1) is 16.8. The van der Waals surface area contributed by atoms with Gasteiger partial charge in [0.25, 0.3) is 9.84 Å². The zero-order chi connectivity index (χ0) is 15.4. The minimum atomic E-state index is -5.34. The average Bonchev–Trinajstić information content (AvgIpc) is 2.35. The van der Waals surface area contributed by atoms with Crippen LogP contribution in [-0.2, 0) is 9.84 Å². The predicted molar refractivity (Wildman–Crippen MR) is 72.3 cm³/mol. The van der Waals surface area contributed by atoms with Gasteiger partial charge in [-0.25, -0.2) is 8.42 Å². The Morgan fingerprint density at radius 2 is 1.85 bits per heavy atom. The topological polar surface area (TPSA) is 46.2 Å². The third kappa shape index (κ3) is 3.88. The number of benzene rings is 1. The molecule has 1 aromatic carbocycles. The molecule has 0 aromatic heterocycles. The molecule has 0 saturated heterocycles. The number of hydrogen-bond donors (Lipinski definition) is 1. The lowest BCUT2D eigenvalue weighted by Crippen LogP contribution is -2.25. The first-order valence-electron chi connectivity index (χ1n) is 6.37. The van der Waals surface area contributed by atoms with E-state index in [-0.39, 0.29) is 11.7 Å². The Kier molecular flexibility index (Phi) is 5.44. The third-order valence-corrected chi connectivity index (χ3v) is 4.42. The zero-order valence-electron chi connectivity index (χ0n) is 11.4. The molecule has 114 valence electrons. The summed E-state index contributed by atoms with van der Waals surface area (Å²) in [6, 6.07) is 5.00. The van der Waals surface area contributed by atoms with Gasteiger partial charge in [0.05, 0.1) is 10.6 Å². The second-order valence-corrected chi connectivity index (χ2v) is 6.54. The number of hydrogen-bond acceptors (Lipinski definition) is 3. The Balaban J connectivity index is 3.07. The van der Waals surface area contributed by atoms with Crippen molar-refractivity contribution in [2.24, 2.45) is 0 Å². The van der Waals surface area contributed by atoms with Crippen molar-refractivity contribution in [1.29, 1.82) is 0 Å². The van der Waals surface area contributed by atoms with Gasteiger partial charge in [0.15, 0.2) is 0 Å². The number of unbranched alkanes of at least 4 members (excludes halogenated alkanes) is 1. The molecule has 1 atom stereocenters. The molecule has 0 aliphatic rings. The Hall–Kier alpha value is -1.24. The molecule has 1 N–H and O–H groups in total. The molecular formula is C13H18F3NO2S. The van der Waals surface area contributed by atoms with E-state index in [0.717, 1.165) is 25.3 Å². The Morgan fingerprint density at radius 1 is 1.25 bits per heavy atom. The van der Waals surface area contributed by atoms with Gasteiger partial charge in [0.1, 0.15) is 0 Å². The minimum Gasteiger partial charge on any atom is -0.382 e. The van der Waals surface area contributed by atoms with Crippen molar-refractivity contribution >= 4 is 15.5 Å². The number of para-hydroxylation sites is 1. The van der Waals surface area contributed by atoms with E-state index in [1.165, 1.54) is 18.2 Å². The lowest BCUT2D eigenvalue weighted by molar-refractivity contribution is -0.0435. The van der Waals surface area contributed by atoms with Crippen LogP contribution >= 0.6 is 0 Å². The number of anilines is 1. The van der Waals surface area contributed by atoms with E-state index in [2.05, 4.69) is 5.32 Å². The Morgan fingerprint density at radius 3 is 2.40 bits per heavy atom. The van der Waals surface area contributed by atoms with Crippen molar-refractivity contribution in [2.45, 2.75) is 49.6 Å². The summed E-state index contributed by atoms with van der Waals surface area (Å²) < 4.78 is 60.9. The molecular weight excluding hydrogens is 291 g/mol. The monoisotopic (exact) mass is 309 g/mol. The molecule has 20 heavy (non-hydrogen) atoms. The molecule has 0 radical (unpaired) electrons. The normalized spacial score (nSPS) is 14.1. The van der Waals surface area contributed by atoms with Gasteiger partial charge < -0.3 is 5.32 Å². The van der Waals surface area contributed by atoms with E-state index in [1.54, 1.807) is 0 Å². The fourth-order valence-corrected chi connectivity index (χ4v) is 2.72. The van der Waals surface area contributed by atoms with Gasteiger partial charge in [-0.15, -0.1) is 0 Å². The van der Waals surface area contributed by atoms with Crippen molar-refractivity contribution in [3.8, 4) is 0 Å². The van der Waals surface area contributed by atoms with Crippen LogP contribution in [0.5, 0.6) is 0 Å². The molecule has 0 fully saturated rings. The quantitative estimate of drug-likeness (QED) is 0.865. The highest BCUT2D eigenvalue weighted by Crippen LogP contribution is 2.34. The van der Waals surface area contributed by atoms with E-state index in [1.807, 2.05) is 13.8 Å². The molecule has 0 saturated carbocycles. The van der Waals surface area contributed by atoms with Crippen molar-refractivity contribution in [1.82, 2.24) is 0 Å². The fraction of sp³-hybridized carbons (Fsp3) is 0.538. The van der Waals surface area contributed by atoms with Crippen molar-refractivity contribution < 1.29 is 21.6 Å². The van der Waals surface area contributed by atoms with Crippen LogP contribution in [0.2, 0.25) is 0 Å². The van der Waals surface area contributed by atoms with Crippen molar-refractivity contribution in [3.63, 3.8) is 0 Å². The van der Waals surface area contributed by atoms with Gasteiger partial charge in [-0.05, 0) is 25.5 Å². The summed E-state index contributed by atoms with van der Waals surface area (Å²) in [5.41, 5.74) is -5.30. The third-order valence-electron chi connectivity index (χ3n) is 2.87. The van der Waals surface area contributed by atoms with E-state index >= 15 is 0 Å². The van der Waals surface area contributed by atoms with E-state index in [4.69, 9.17) is 0 Å². The summed E-state index contributed by atoms with van der Waals surface area (Å²) in [5.74, 6) is 0. The first-order valence-corrected chi connectivity index (χ1v) is 7.85. The Labute approximate surface area is 117 Å². The summed E-state index contributed by atoms with van der Waals surface area (Å²) in [5, 5.41) is 2.84. The predicted octanol–water partition coefficient (Wildman–Crippen LogP) is 3.97. The summed E-state index contributed by atoms with van der Waals surface area (Å²) in [7, 11) is -5.34. The summed E-state index contributed by atoms with van der Waals surface area (Å²) in [4.78, 5) is -0.726. The molecule has 0 amide bonds. The summed E-state index contributed by atoms with van der Waals surface area (Å²) in [6.07, 6.45) is 2.65. The van der Waals surface area contributed by atoms with Crippen LogP contribution < -0.4 is 5.32 Å². The van der Waals surface area contributed by atoms with Crippen LogP contribution in [0.15, 0.2) is 29.2 Å². The maximum Gasteiger partial charge on any atom is 0.501 e. The minimum absolute atomic E-state index is 0.00609. The average molecular weight is 309 g/mol. The summed E-state index contributed by atoms with van der Waals surface area (Å²) >= 11 is 0. The second kappa shape index (κ2) is 6.47. The highest BCUT2D eigenvalue weighted by molar-refractivity contribution is 7.92. The molecule has 1 aromatic rings. The highest BCUT2D eigenvalue weighted by atomic mass is 32.2. The van der Waals surface area contributed by atoms with Crippen LogP contribution in [-0.4, -0.2) is 20.0 Å². The van der Waals surface area contributed by atoms with Crippen LogP contribution in [0.3, 0.4) is 0 Å². The van der Waals surface area contributed by atoms with Crippen LogP contribution in [0.1, 0.15) is 33.1 Å². The van der Waals surface area contributed by atoms with E-state index < -0.39 is 20.2 Å². The van der Waals surface area contributed by atoms with Crippen LogP contribution in [0.25, 0.3) is 0 Å². The maximum absolute atomic E-state index is 12.6. The van der Waals surface area contributed by atoms with Crippen molar-refractivity contribution in [3.05, 3.63) is 24.3 Å². The lowest BCUT2D eigenvalue weighted by Gasteiger charge is -2.18. The molecule has 0 bridgehead atoms. The second-order valence-electron chi connectivity index (χ2n) is 4.63. The molecule has 0 aliphatic carbocycles. The van der Waals surface area contributed by atoms with Gasteiger partial charge in [-0.1, -0.05) is 31.9 Å². The lowest BCUT2D eigenvalue weighted by atomic mass is 10.1. The zero-order valence-corrected chi connectivity index (χ0v) is 12.2. The van der Waals surface area contributed by atoms with Gasteiger partial charge in [-0.3, -0.25) is 0 Å². The molecule has 1 unspecified atom stereocenters. The maximum atomic E-state index is 12.6. The van der Waals surface area contributed by atoms with Gasteiger partial charge in [0.2, 0.25) is 0 Å². The molecule has 1 rings (SSSR count). The molecule has 3 nitrogen and oxygen atoms in total. The number of alkyl halides is 3. The number of nitrogens with one attached hydrogen (secondary N) is 1. The van der Waals surface area contributed by atoms with Crippen LogP contribution in [0, 0.1) is 0 Å². The molecule has 0 spiro atoms. The highest BCUT2D eigenvalue weighted by Gasteiger charge is 2.47. The van der Waals surface area contributed by atoms with E-state index in [9.17, 15) is 21.6 Å². The smallest absolute Gasteiger partial charge is 0.382 e. The SMILES string of the molecule is CCCCC(C)Nc1ccccc1S(=O)(=O)C(F)(F)F. The van der Waals surface area contributed by atoms with Crippen molar-refractivity contribution in [2.75, 3.05) is 5.32 Å². The van der Waals surface area contributed by atoms with Crippen LogP contribution in [0.4, 0.5) is 18.9 Å². The number of rotatable bonds is 6. The van der Waals surface area contributed by atoms with Gasteiger partial charge in [-0.2, -0.15) is 13.2 Å². The first-order chi connectivity index (χ1) is 9.20. The summed E-state index contributed by atoms with van der Waals surface area (Å²) in [6.45, 7) is 3.82. The van der Waals surface area contributed by atoms with E-state index in [0.29, 0.717) is 0 Å². The molecule has 7 heteroatoms. The molecule has 0 aliphatic heterocycles. The standard InChI is InChI=1S/C13H18F3NO2S/c1-3-4-7-10(2)17-11-8-5-6-9-12(11)20(18,19)13(14,15)16/h5-6,8-10,17H,3-4,7H2,1-2H3. The largest absolute Gasteiger partial charge is 0.501 e. The van der Waals surface area contributed by atoms with Gasteiger partial charge in [0, 0.05) is 6.04 Å². The Bertz CT molecular complexity index is 541. The fourth-order valence-electron chi connectivity index (χ4n) is 1.79. The number of halogens is 3. The molecule has 0 heterocycles. The number of sulfone groups is 1.